The molecule has 0 saturated heterocycles. The second kappa shape index (κ2) is 5.67. The Kier molecular flexibility index (Phi) is 5.69. The summed E-state index contributed by atoms with van der Waals surface area (Å²) in [7, 11) is 0. The van der Waals surface area contributed by atoms with Gasteiger partial charge in [-0.2, -0.15) is 11.8 Å². The van der Waals surface area contributed by atoms with E-state index in [2.05, 4.69) is 19.9 Å². The first-order valence-electron chi connectivity index (χ1n) is 3.97. The summed E-state index contributed by atoms with van der Waals surface area (Å²) in [4.78, 5) is 0. The molecule has 2 heteroatoms. The predicted octanol–water partition coefficient (Wildman–Crippen LogP) is 2.46. The maximum Gasteiger partial charge on any atom is 0.0628 e. The summed E-state index contributed by atoms with van der Waals surface area (Å²) in [5, 5.41) is 9.48. The van der Waals surface area contributed by atoms with Crippen LogP contribution in [-0.4, -0.2) is 22.2 Å². The molecular formula is C9H18OS. The fourth-order valence-corrected chi connectivity index (χ4v) is 1.52. The summed E-state index contributed by atoms with van der Waals surface area (Å²) in [6.45, 7) is 8.07. The Morgan fingerprint density at radius 2 is 2.00 bits per heavy atom. The van der Waals surface area contributed by atoms with Gasteiger partial charge in [-0.3, -0.25) is 0 Å². The van der Waals surface area contributed by atoms with Gasteiger partial charge >= 0.3 is 0 Å². The molecule has 0 spiro atoms. The van der Waals surface area contributed by atoms with Gasteiger partial charge < -0.3 is 5.11 Å². The Hall–Kier alpha value is 0.0500. The van der Waals surface area contributed by atoms with E-state index in [4.69, 9.17) is 5.11 Å². The van der Waals surface area contributed by atoms with Crippen LogP contribution in [0, 0.1) is 0 Å². The molecule has 0 aromatic carbocycles. The van der Waals surface area contributed by atoms with E-state index < -0.39 is 0 Å². The number of aliphatic hydroxyl groups excluding tert-OH is 1. The summed E-state index contributed by atoms with van der Waals surface area (Å²) < 4.78 is 0. The van der Waals surface area contributed by atoms with Crippen molar-refractivity contribution in [3.8, 4) is 0 Å². The Morgan fingerprint density at radius 3 is 2.36 bits per heavy atom. The highest BCUT2D eigenvalue weighted by Crippen LogP contribution is 2.14. The molecule has 0 aliphatic rings. The first-order valence-corrected chi connectivity index (χ1v) is 5.02. The minimum atomic E-state index is -0.203. The molecule has 0 fully saturated rings. The maximum absolute atomic E-state index is 9.14. The summed E-state index contributed by atoms with van der Waals surface area (Å²) in [5.74, 6) is 1.01. The third kappa shape index (κ3) is 6.45. The van der Waals surface area contributed by atoms with Crippen LogP contribution in [0.5, 0.6) is 0 Å². The van der Waals surface area contributed by atoms with E-state index >= 15 is 0 Å². The van der Waals surface area contributed by atoms with Gasteiger partial charge in [0.15, 0.2) is 0 Å². The molecule has 66 valence electrons. The number of hydrogen-bond donors (Lipinski definition) is 1. The molecule has 0 radical (unpaired) electrons. The van der Waals surface area contributed by atoms with Gasteiger partial charge in [0.05, 0.1) is 6.10 Å². The monoisotopic (exact) mass is 174 g/mol. The van der Waals surface area contributed by atoms with Crippen molar-refractivity contribution >= 4 is 11.8 Å². The Labute approximate surface area is 73.9 Å². The normalized spacial score (nSPS) is 15.7. The van der Waals surface area contributed by atoms with Crippen molar-refractivity contribution in [2.45, 2.75) is 39.0 Å². The maximum atomic E-state index is 9.14. The third-order valence-corrected chi connectivity index (χ3v) is 2.81. The standard InChI is InChI=1S/C9H18OS/c1-7(2)5-6-11-9(4)8(3)10/h5,8-10H,6H2,1-4H3. The minimum absolute atomic E-state index is 0.203. The lowest BCUT2D eigenvalue weighted by atomic mass is 10.3. The highest BCUT2D eigenvalue weighted by molar-refractivity contribution is 8.00. The van der Waals surface area contributed by atoms with E-state index in [9.17, 15) is 0 Å². The second-order valence-corrected chi connectivity index (χ2v) is 4.47. The van der Waals surface area contributed by atoms with Crippen LogP contribution in [0.3, 0.4) is 0 Å². The molecule has 0 bridgehead atoms. The third-order valence-electron chi connectivity index (χ3n) is 1.53. The van der Waals surface area contributed by atoms with Crippen LogP contribution in [0.2, 0.25) is 0 Å². The summed E-state index contributed by atoms with van der Waals surface area (Å²) >= 11 is 1.79. The number of aliphatic hydroxyl groups is 1. The average Bonchev–Trinajstić information content (AvgIpc) is 1.86. The molecular weight excluding hydrogens is 156 g/mol. The van der Waals surface area contributed by atoms with Crippen LogP contribution in [0.4, 0.5) is 0 Å². The van der Waals surface area contributed by atoms with Crippen LogP contribution >= 0.6 is 11.8 Å². The predicted molar refractivity (Wildman–Crippen MR) is 53.0 cm³/mol. The van der Waals surface area contributed by atoms with Crippen LogP contribution < -0.4 is 0 Å². The van der Waals surface area contributed by atoms with E-state index in [1.807, 2.05) is 13.8 Å². The van der Waals surface area contributed by atoms with Crippen molar-refractivity contribution < 1.29 is 5.11 Å². The van der Waals surface area contributed by atoms with Crippen molar-refractivity contribution in [3.63, 3.8) is 0 Å². The van der Waals surface area contributed by atoms with E-state index in [0.29, 0.717) is 5.25 Å². The van der Waals surface area contributed by atoms with Crippen molar-refractivity contribution in [2.24, 2.45) is 0 Å². The van der Waals surface area contributed by atoms with Crippen LogP contribution in [0.25, 0.3) is 0 Å². The van der Waals surface area contributed by atoms with Crippen molar-refractivity contribution in [1.29, 1.82) is 0 Å². The Bertz CT molecular complexity index is 126. The largest absolute Gasteiger partial charge is 0.392 e. The highest BCUT2D eigenvalue weighted by atomic mass is 32.2. The summed E-state index contributed by atoms with van der Waals surface area (Å²) in [5.41, 5.74) is 1.34. The lowest BCUT2D eigenvalue weighted by molar-refractivity contribution is 0.196. The average molecular weight is 174 g/mol. The number of hydrogen-bond acceptors (Lipinski definition) is 2. The lowest BCUT2D eigenvalue weighted by Gasteiger charge is -2.12. The molecule has 1 N–H and O–H groups in total. The molecule has 1 nitrogen and oxygen atoms in total. The Morgan fingerprint density at radius 1 is 1.45 bits per heavy atom. The van der Waals surface area contributed by atoms with E-state index in [1.165, 1.54) is 5.57 Å². The zero-order chi connectivity index (χ0) is 8.85. The minimum Gasteiger partial charge on any atom is -0.392 e. The number of thioether (sulfide) groups is 1. The number of rotatable bonds is 4. The van der Waals surface area contributed by atoms with Gasteiger partial charge in [0.1, 0.15) is 0 Å². The van der Waals surface area contributed by atoms with Crippen LogP contribution in [0.1, 0.15) is 27.7 Å². The molecule has 11 heavy (non-hydrogen) atoms. The second-order valence-electron chi connectivity index (χ2n) is 3.06. The fourth-order valence-electron chi connectivity index (χ4n) is 0.506. The first-order chi connectivity index (χ1) is 5.04. The number of allylic oxidation sites excluding steroid dienone is 1. The Balaban J connectivity index is 3.47. The molecule has 0 saturated carbocycles. The van der Waals surface area contributed by atoms with Crippen molar-refractivity contribution in [1.82, 2.24) is 0 Å². The van der Waals surface area contributed by atoms with E-state index in [-0.39, 0.29) is 6.10 Å². The molecule has 0 aliphatic carbocycles. The highest BCUT2D eigenvalue weighted by Gasteiger charge is 2.06. The smallest absolute Gasteiger partial charge is 0.0628 e. The van der Waals surface area contributed by atoms with Crippen LogP contribution in [-0.2, 0) is 0 Å². The van der Waals surface area contributed by atoms with E-state index in [1.54, 1.807) is 11.8 Å². The molecule has 0 aliphatic heterocycles. The molecule has 0 aromatic heterocycles. The quantitative estimate of drug-likeness (QED) is 0.661. The lowest BCUT2D eigenvalue weighted by Crippen LogP contribution is -2.15. The van der Waals surface area contributed by atoms with Gasteiger partial charge in [-0.25, -0.2) is 0 Å². The topological polar surface area (TPSA) is 20.2 Å². The van der Waals surface area contributed by atoms with Gasteiger partial charge in [0, 0.05) is 11.0 Å². The molecule has 2 unspecified atom stereocenters. The van der Waals surface area contributed by atoms with Gasteiger partial charge in [0.2, 0.25) is 0 Å². The molecule has 0 amide bonds. The van der Waals surface area contributed by atoms with Crippen molar-refractivity contribution in [3.05, 3.63) is 11.6 Å². The van der Waals surface area contributed by atoms with Gasteiger partial charge in [-0.05, 0) is 20.8 Å². The van der Waals surface area contributed by atoms with Crippen LogP contribution in [0.15, 0.2) is 11.6 Å². The molecule has 0 heterocycles. The van der Waals surface area contributed by atoms with Crippen molar-refractivity contribution in [2.75, 3.05) is 5.75 Å². The summed E-state index contributed by atoms with van der Waals surface area (Å²) in [6.07, 6.45) is 1.98. The van der Waals surface area contributed by atoms with Gasteiger partial charge in [-0.1, -0.05) is 18.6 Å². The molecule has 0 rings (SSSR count). The molecule has 0 aromatic rings. The molecule has 2 atom stereocenters. The zero-order valence-electron chi connectivity index (χ0n) is 7.79. The summed E-state index contributed by atoms with van der Waals surface area (Å²) in [6, 6.07) is 0. The zero-order valence-corrected chi connectivity index (χ0v) is 8.61. The fraction of sp³-hybridized carbons (Fsp3) is 0.778. The first kappa shape index (κ1) is 11.1. The van der Waals surface area contributed by atoms with Gasteiger partial charge in [0.25, 0.3) is 0 Å². The van der Waals surface area contributed by atoms with Gasteiger partial charge in [-0.15, -0.1) is 0 Å². The van der Waals surface area contributed by atoms with E-state index in [0.717, 1.165) is 5.75 Å². The SMILES string of the molecule is CC(C)=CCSC(C)C(C)O.